The summed E-state index contributed by atoms with van der Waals surface area (Å²) in [7, 11) is 0. The Morgan fingerprint density at radius 1 is 0.828 bits per heavy atom. The van der Waals surface area contributed by atoms with Crippen molar-refractivity contribution in [1.29, 1.82) is 0 Å². The van der Waals surface area contributed by atoms with Crippen molar-refractivity contribution in [2.45, 2.75) is 52.4 Å². The van der Waals surface area contributed by atoms with Crippen LogP contribution in [-0.2, 0) is 12.8 Å². The van der Waals surface area contributed by atoms with Crippen LogP contribution < -0.4 is 0 Å². The lowest BCUT2D eigenvalue weighted by Crippen LogP contribution is -1.98. The predicted octanol–water partition coefficient (Wildman–Crippen LogP) is 8.17. The molecule has 3 heteroatoms. The Balaban J connectivity index is 1.96. The molecule has 0 aliphatic carbocycles. The lowest BCUT2D eigenvalue weighted by molar-refractivity contribution is 0.513. The highest BCUT2D eigenvalue weighted by Gasteiger charge is 2.19. The van der Waals surface area contributed by atoms with Gasteiger partial charge < -0.3 is 0 Å². The summed E-state index contributed by atoms with van der Waals surface area (Å²) in [5.41, 5.74) is 2.34. The average Bonchev–Trinajstić information content (AvgIpc) is 2.73. The first-order valence-corrected chi connectivity index (χ1v) is 10.4. The normalized spacial score (nSPS) is 11.6. The Kier molecular flexibility index (Phi) is 7.13. The van der Waals surface area contributed by atoms with E-state index in [9.17, 15) is 13.2 Å². The highest BCUT2D eigenvalue weighted by atomic mass is 19.2. The molecule has 0 spiro atoms. The van der Waals surface area contributed by atoms with E-state index >= 15 is 0 Å². The predicted molar refractivity (Wildman–Crippen MR) is 116 cm³/mol. The highest BCUT2D eigenvalue weighted by molar-refractivity contribution is 5.89. The van der Waals surface area contributed by atoms with Gasteiger partial charge in [0, 0.05) is 5.56 Å². The van der Waals surface area contributed by atoms with Gasteiger partial charge >= 0.3 is 0 Å². The highest BCUT2D eigenvalue weighted by Crippen LogP contribution is 2.33. The minimum Gasteiger partial charge on any atom is -0.206 e. The summed E-state index contributed by atoms with van der Waals surface area (Å²) in [6, 6.07) is 12.4. The molecule has 3 rings (SSSR count). The molecule has 0 atom stereocenters. The Bertz CT molecular complexity index is 1000. The van der Waals surface area contributed by atoms with Crippen LogP contribution in [0, 0.1) is 17.5 Å². The number of allylic oxidation sites excluding steroid dienone is 2. The first kappa shape index (κ1) is 21.2. The number of halogens is 3. The zero-order valence-corrected chi connectivity index (χ0v) is 17.1. The third-order valence-electron chi connectivity index (χ3n) is 5.35. The van der Waals surface area contributed by atoms with Gasteiger partial charge in [-0.2, -0.15) is 0 Å². The van der Waals surface area contributed by atoms with Gasteiger partial charge in [-0.05, 0) is 60.7 Å². The molecule has 0 aliphatic rings. The van der Waals surface area contributed by atoms with Gasteiger partial charge in [0.1, 0.15) is 5.82 Å². The first-order chi connectivity index (χ1) is 14.1. The molecule has 0 heterocycles. The van der Waals surface area contributed by atoms with E-state index in [4.69, 9.17) is 0 Å². The third-order valence-corrected chi connectivity index (χ3v) is 5.35. The van der Waals surface area contributed by atoms with Crippen LogP contribution in [0.4, 0.5) is 13.2 Å². The van der Waals surface area contributed by atoms with Gasteiger partial charge in [0.2, 0.25) is 0 Å². The number of rotatable bonds is 8. The van der Waals surface area contributed by atoms with Gasteiger partial charge in [-0.3, -0.25) is 0 Å². The van der Waals surface area contributed by atoms with Crippen LogP contribution in [0.25, 0.3) is 21.9 Å². The number of aryl methyl sites for hydroxylation is 2. The quantitative estimate of drug-likeness (QED) is 0.266. The summed E-state index contributed by atoms with van der Waals surface area (Å²) in [5.74, 6) is -2.78. The van der Waals surface area contributed by atoms with E-state index in [2.05, 4.69) is 6.92 Å². The second kappa shape index (κ2) is 9.78. The van der Waals surface area contributed by atoms with Crippen molar-refractivity contribution in [2.75, 3.05) is 0 Å². The van der Waals surface area contributed by atoms with Gasteiger partial charge in [0.05, 0.1) is 5.39 Å². The topological polar surface area (TPSA) is 0 Å². The van der Waals surface area contributed by atoms with E-state index in [-0.39, 0.29) is 10.9 Å². The second-order valence-corrected chi connectivity index (χ2v) is 7.45. The van der Waals surface area contributed by atoms with Crippen LogP contribution in [0.3, 0.4) is 0 Å². The van der Waals surface area contributed by atoms with Crippen molar-refractivity contribution >= 4 is 10.8 Å². The molecule has 0 amide bonds. The number of hydrogen-bond donors (Lipinski definition) is 0. The van der Waals surface area contributed by atoms with Crippen molar-refractivity contribution in [2.24, 2.45) is 0 Å². The maximum absolute atomic E-state index is 14.8. The smallest absolute Gasteiger partial charge is 0.170 e. The summed E-state index contributed by atoms with van der Waals surface area (Å²) in [6.45, 7) is 4.05. The van der Waals surface area contributed by atoms with E-state index in [0.717, 1.165) is 19.3 Å². The molecule has 0 bridgehead atoms. The van der Waals surface area contributed by atoms with Gasteiger partial charge in [-0.1, -0.05) is 68.3 Å². The molecule has 3 aromatic rings. The molecular weight excluding hydrogens is 369 g/mol. The third kappa shape index (κ3) is 4.72. The molecule has 0 aliphatic heterocycles. The van der Waals surface area contributed by atoms with Crippen LogP contribution in [0.2, 0.25) is 0 Å². The van der Waals surface area contributed by atoms with E-state index in [1.165, 1.54) is 12.0 Å². The van der Waals surface area contributed by atoms with Crippen molar-refractivity contribution in [3.8, 4) is 11.1 Å². The maximum Gasteiger partial charge on any atom is 0.170 e. The molecule has 29 heavy (non-hydrogen) atoms. The fourth-order valence-electron chi connectivity index (χ4n) is 3.66. The zero-order chi connectivity index (χ0) is 20.8. The SMILES string of the molecule is C/C=C/CCc1ccc2cc(-c3ccc(CCCCC)cc3)c(F)c(F)c2c1F. The van der Waals surface area contributed by atoms with Gasteiger partial charge in [-0.15, -0.1) is 0 Å². The van der Waals surface area contributed by atoms with Crippen LogP contribution in [0.15, 0.2) is 54.6 Å². The maximum atomic E-state index is 14.8. The van der Waals surface area contributed by atoms with Crippen LogP contribution >= 0.6 is 0 Å². The number of fused-ring (bicyclic) bond motifs is 1. The van der Waals surface area contributed by atoms with Crippen LogP contribution in [-0.4, -0.2) is 0 Å². The standard InChI is InChI=1S/C26H27F3/c1-3-5-7-9-18-11-13-19(14-12-18)22-17-21-16-15-20(10-8-6-4-2)24(27)23(21)26(29)25(22)28/h4,6,11-17H,3,5,7-10H2,1-2H3/b6-4+. The van der Waals surface area contributed by atoms with Crippen LogP contribution in [0.1, 0.15) is 50.7 Å². The summed E-state index contributed by atoms with van der Waals surface area (Å²) in [6.07, 6.45) is 9.35. The lowest BCUT2D eigenvalue weighted by Gasteiger charge is -2.12. The van der Waals surface area contributed by atoms with Crippen molar-refractivity contribution < 1.29 is 13.2 Å². The van der Waals surface area contributed by atoms with E-state index in [1.54, 1.807) is 18.2 Å². The fourth-order valence-corrected chi connectivity index (χ4v) is 3.66. The number of unbranched alkanes of at least 4 members (excludes halogenated alkanes) is 2. The molecular formula is C26H27F3. The van der Waals surface area contributed by atoms with E-state index < -0.39 is 17.5 Å². The molecule has 0 saturated carbocycles. The number of hydrogen-bond acceptors (Lipinski definition) is 0. The van der Waals surface area contributed by atoms with Gasteiger partial charge in [-0.25, -0.2) is 13.2 Å². The Morgan fingerprint density at radius 3 is 2.28 bits per heavy atom. The molecule has 0 N–H and O–H groups in total. The fraction of sp³-hybridized carbons (Fsp3) is 0.308. The first-order valence-electron chi connectivity index (χ1n) is 10.4. The monoisotopic (exact) mass is 396 g/mol. The molecule has 0 unspecified atom stereocenters. The Morgan fingerprint density at radius 2 is 1.59 bits per heavy atom. The minimum atomic E-state index is -1.12. The molecule has 3 aromatic carbocycles. The summed E-state index contributed by atoms with van der Waals surface area (Å²) >= 11 is 0. The van der Waals surface area contributed by atoms with Gasteiger partial charge in [0.25, 0.3) is 0 Å². The number of benzene rings is 3. The minimum absolute atomic E-state index is 0.163. The average molecular weight is 396 g/mol. The van der Waals surface area contributed by atoms with Crippen molar-refractivity contribution in [3.63, 3.8) is 0 Å². The summed E-state index contributed by atoms with van der Waals surface area (Å²) in [4.78, 5) is 0. The summed E-state index contributed by atoms with van der Waals surface area (Å²) < 4.78 is 44.5. The Labute approximate surface area is 171 Å². The van der Waals surface area contributed by atoms with Crippen molar-refractivity contribution in [3.05, 3.63) is 83.2 Å². The van der Waals surface area contributed by atoms with E-state index in [0.29, 0.717) is 29.4 Å². The molecule has 0 aromatic heterocycles. The molecule has 0 nitrogen and oxygen atoms in total. The second-order valence-electron chi connectivity index (χ2n) is 7.45. The molecule has 152 valence electrons. The lowest BCUT2D eigenvalue weighted by atomic mass is 9.96. The van der Waals surface area contributed by atoms with E-state index in [1.807, 2.05) is 43.3 Å². The van der Waals surface area contributed by atoms with Crippen LogP contribution in [0.5, 0.6) is 0 Å². The molecule has 0 fully saturated rings. The van der Waals surface area contributed by atoms with Crippen molar-refractivity contribution in [1.82, 2.24) is 0 Å². The largest absolute Gasteiger partial charge is 0.206 e. The van der Waals surface area contributed by atoms with Gasteiger partial charge in [0.15, 0.2) is 11.6 Å². The zero-order valence-electron chi connectivity index (χ0n) is 17.1. The Hall–Kier alpha value is -2.55. The molecule has 0 radical (unpaired) electrons. The molecule has 0 saturated heterocycles. The summed E-state index contributed by atoms with van der Waals surface area (Å²) in [5, 5.41) is 0.110.